The molecule has 0 saturated carbocycles. The summed E-state index contributed by atoms with van der Waals surface area (Å²) in [7, 11) is 1.55. The van der Waals surface area contributed by atoms with Crippen molar-refractivity contribution < 1.29 is 19.3 Å². The first kappa shape index (κ1) is 8.52. The number of rotatable bonds is 2. The maximum Gasteiger partial charge on any atom is 0.148 e. The van der Waals surface area contributed by atoms with E-state index in [0.717, 1.165) is 5.57 Å². The molecule has 0 aromatic carbocycles. The highest BCUT2D eigenvalue weighted by Crippen LogP contribution is 2.12. The van der Waals surface area contributed by atoms with Crippen LogP contribution in [0.3, 0.4) is 0 Å². The van der Waals surface area contributed by atoms with Crippen LogP contribution in [0.5, 0.6) is 0 Å². The van der Waals surface area contributed by atoms with Gasteiger partial charge < -0.3 is 19.3 Å². The topological polar surface area (TPSA) is 47.9 Å². The average Bonchev–Trinajstić information content (AvgIpc) is 2.06. The molecule has 0 aromatic heterocycles. The highest BCUT2D eigenvalue weighted by molar-refractivity contribution is 5.07. The highest BCUT2D eigenvalue weighted by atomic mass is 16.7. The fraction of sp³-hybridized carbons (Fsp3) is 0.714. The third-order valence-electron chi connectivity index (χ3n) is 1.47. The average molecular weight is 160 g/mol. The van der Waals surface area contributed by atoms with E-state index in [1.165, 1.54) is 0 Å². The van der Waals surface area contributed by atoms with Crippen LogP contribution in [0.4, 0.5) is 0 Å². The fourth-order valence-electron chi connectivity index (χ4n) is 0.921. The lowest BCUT2D eigenvalue weighted by Gasteiger charge is -2.23. The molecule has 1 rings (SSSR count). The first-order valence-corrected chi connectivity index (χ1v) is 3.40. The molecule has 1 N–H and O–H groups in total. The van der Waals surface area contributed by atoms with Crippen LogP contribution < -0.4 is 0 Å². The van der Waals surface area contributed by atoms with Crippen LogP contribution in [0.1, 0.15) is 0 Å². The lowest BCUT2D eigenvalue weighted by Crippen LogP contribution is -2.29. The molecule has 1 fully saturated rings. The zero-order chi connectivity index (χ0) is 8.10. The first-order valence-electron chi connectivity index (χ1n) is 3.40. The molecule has 1 aliphatic heterocycles. The number of hydrogen-bond donors (Lipinski definition) is 1. The van der Waals surface area contributed by atoms with E-state index < -0.39 is 0 Å². The van der Waals surface area contributed by atoms with Crippen LogP contribution in [0.2, 0.25) is 0 Å². The summed E-state index contributed by atoms with van der Waals surface area (Å²) in [5.74, 6) is 0. The summed E-state index contributed by atoms with van der Waals surface area (Å²) >= 11 is 0. The summed E-state index contributed by atoms with van der Waals surface area (Å²) in [5, 5.41) is 8.81. The van der Waals surface area contributed by atoms with Crippen molar-refractivity contribution in [3.8, 4) is 0 Å². The van der Waals surface area contributed by atoms with Gasteiger partial charge in [0.25, 0.3) is 0 Å². The number of aliphatic hydroxyl groups is 1. The van der Waals surface area contributed by atoms with Gasteiger partial charge in [0.1, 0.15) is 12.9 Å². The second kappa shape index (κ2) is 4.33. The fourth-order valence-corrected chi connectivity index (χ4v) is 0.921. The monoisotopic (exact) mass is 160 g/mol. The number of methoxy groups -OCH3 is 1. The Morgan fingerprint density at radius 1 is 1.82 bits per heavy atom. The van der Waals surface area contributed by atoms with Crippen LogP contribution in [-0.2, 0) is 14.2 Å². The first-order chi connectivity index (χ1) is 5.38. The molecule has 1 atom stereocenters. The molecule has 64 valence electrons. The molecule has 1 heterocycles. The molecule has 0 bridgehead atoms. The number of ether oxygens (including phenoxy) is 3. The molecule has 0 aromatic rings. The van der Waals surface area contributed by atoms with Crippen molar-refractivity contribution in [1.29, 1.82) is 0 Å². The highest BCUT2D eigenvalue weighted by Gasteiger charge is 2.18. The Hall–Kier alpha value is -0.580. The van der Waals surface area contributed by atoms with Gasteiger partial charge in [0.2, 0.25) is 0 Å². The standard InChI is InChI=1S/C7H12O4/c1-9-3-6-4-10-5-11-7(6)2-8/h3,7-8H,2,4-5H2,1H3/b6-3-. The van der Waals surface area contributed by atoms with E-state index in [2.05, 4.69) is 0 Å². The van der Waals surface area contributed by atoms with E-state index >= 15 is 0 Å². The van der Waals surface area contributed by atoms with Gasteiger partial charge >= 0.3 is 0 Å². The van der Waals surface area contributed by atoms with Gasteiger partial charge in [-0.3, -0.25) is 0 Å². The largest absolute Gasteiger partial charge is 0.504 e. The molecular weight excluding hydrogens is 148 g/mol. The summed E-state index contributed by atoms with van der Waals surface area (Å²) in [5.41, 5.74) is 0.834. The SMILES string of the molecule is CO/C=C1/COCOC1CO. The van der Waals surface area contributed by atoms with Crippen LogP contribution in [0.15, 0.2) is 11.8 Å². The van der Waals surface area contributed by atoms with E-state index in [1.807, 2.05) is 0 Å². The molecule has 0 amide bonds. The van der Waals surface area contributed by atoms with Gasteiger partial charge in [-0.15, -0.1) is 0 Å². The molecule has 0 spiro atoms. The van der Waals surface area contributed by atoms with Crippen LogP contribution in [0.25, 0.3) is 0 Å². The van der Waals surface area contributed by atoms with Gasteiger partial charge in [-0.25, -0.2) is 0 Å². The molecule has 0 aliphatic carbocycles. The minimum atomic E-state index is -0.260. The van der Waals surface area contributed by atoms with Crippen molar-refractivity contribution in [3.63, 3.8) is 0 Å². The zero-order valence-electron chi connectivity index (χ0n) is 6.45. The molecule has 1 unspecified atom stereocenters. The Morgan fingerprint density at radius 2 is 2.64 bits per heavy atom. The Kier molecular flexibility index (Phi) is 3.35. The smallest absolute Gasteiger partial charge is 0.148 e. The van der Waals surface area contributed by atoms with Crippen molar-refractivity contribution in [2.45, 2.75) is 6.10 Å². The van der Waals surface area contributed by atoms with Gasteiger partial charge in [0.05, 0.1) is 26.6 Å². The van der Waals surface area contributed by atoms with E-state index in [-0.39, 0.29) is 19.5 Å². The lowest BCUT2D eigenvalue weighted by atomic mass is 10.2. The summed E-state index contributed by atoms with van der Waals surface area (Å²) in [4.78, 5) is 0. The van der Waals surface area contributed by atoms with Crippen molar-refractivity contribution in [1.82, 2.24) is 0 Å². The van der Waals surface area contributed by atoms with Gasteiger partial charge in [-0.2, -0.15) is 0 Å². The summed E-state index contributed by atoms with van der Waals surface area (Å²) in [6, 6.07) is 0. The number of hydrogen-bond acceptors (Lipinski definition) is 4. The minimum Gasteiger partial charge on any atom is -0.504 e. The van der Waals surface area contributed by atoms with Crippen molar-refractivity contribution in [2.75, 3.05) is 27.1 Å². The van der Waals surface area contributed by atoms with E-state index in [4.69, 9.17) is 19.3 Å². The van der Waals surface area contributed by atoms with E-state index in [1.54, 1.807) is 13.4 Å². The molecule has 0 radical (unpaired) electrons. The van der Waals surface area contributed by atoms with Gasteiger partial charge in [0, 0.05) is 5.57 Å². The maximum absolute atomic E-state index is 8.81. The van der Waals surface area contributed by atoms with Gasteiger partial charge in [-0.05, 0) is 0 Å². The van der Waals surface area contributed by atoms with Crippen LogP contribution in [0, 0.1) is 0 Å². The molecule has 1 aliphatic rings. The third-order valence-corrected chi connectivity index (χ3v) is 1.47. The normalized spacial score (nSPS) is 28.9. The van der Waals surface area contributed by atoms with E-state index in [0.29, 0.717) is 6.61 Å². The van der Waals surface area contributed by atoms with Crippen molar-refractivity contribution >= 4 is 0 Å². The summed E-state index contributed by atoms with van der Waals surface area (Å²) in [6.45, 7) is 0.684. The molecule has 1 saturated heterocycles. The Bertz CT molecular complexity index is 143. The minimum absolute atomic E-state index is 0.0292. The predicted octanol–water partition coefficient (Wildman–Crippen LogP) is -0.118. The zero-order valence-corrected chi connectivity index (χ0v) is 6.45. The van der Waals surface area contributed by atoms with Gasteiger partial charge in [-0.1, -0.05) is 0 Å². The quantitative estimate of drug-likeness (QED) is 0.572. The summed E-state index contributed by atoms with van der Waals surface area (Å²) < 4.78 is 14.8. The molecular formula is C7H12O4. The second-order valence-corrected chi connectivity index (χ2v) is 2.23. The maximum atomic E-state index is 8.81. The van der Waals surface area contributed by atoms with E-state index in [9.17, 15) is 0 Å². The summed E-state index contributed by atoms with van der Waals surface area (Å²) in [6.07, 6.45) is 1.28. The lowest BCUT2D eigenvalue weighted by molar-refractivity contribution is -0.120. The van der Waals surface area contributed by atoms with Crippen LogP contribution >= 0.6 is 0 Å². The van der Waals surface area contributed by atoms with Crippen LogP contribution in [-0.4, -0.2) is 38.3 Å². The number of aliphatic hydroxyl groups excluding tert-OH is 1. The Balaban J connectivity index is 2.51. The van der Waals surface area contributed by atoms with Crippen molar-refractivity contribution in [3.05, 3.63) is 11.8 Å². The van der Waals surface area contributed by atoms with Gasteiger partial charge in [0.15, 0.2) is 0 Å². The predicted molar refractivity (Wildman–Crippen MR) is 37.9 cm³/mol. The Labute approximate surface area is 65.4 Å². The molecule has 4 heteroatoms. The second-order valence-electron chi connectivity index (χ2n) is 2.23. The third kappa shape index (κ3) is 2.18. The van der Waals surface area contributed by atoms with Crippen molar-refractivity contribution in [2.24, 2.45) is 0 Å². The molecule has 4 nitrogen and oxygen atoms in total. The Morgan fingerprint density at radius 3 is 3.27 bits per heavy atom. The molecule has 11 heavy (non-hydrogen) atoms.